The van der Waals surface area contributed by atoms with Crippen molar-refractivity contribution in [2.24, 2.45) is 0 Å². The van der Waals surface area contributed by atoms with E-state index in [4.69, 9.17) is 4.74 Å². The van der Waals surface area contributed by atoms with E-state index >= 15 is 0 Å². The number of hydrogen-bond acceptors (Lipinski definition) is 3. The van der Waals surface area contributed by atoms with E-state index in [2.05, 4.69) is 28.2 Å². The van der Waals surface area contributed by atoms with E-state index < -0.39 is 5.54 Å². The predicted molar refractivity (Wildman–Crippen MR) is 87.7 cm³/mol. The molecular weight excluding hydrogens is 348 g/mol. The normalized spacial score (nSPS) is 21.2. The van der Waals surface area contributed by atoms with Crippen LogP contribution >= 0.6 is 15.9 Å². The first kappa shape index (κ1) is 16.8. The fourth-order valence-corrected chi connectivity index (χ4v) is 3.17. The van der Waals surface area contributed by atoms with E-state index in [1.807, 2.05) is 18.2 Å². The average Bonchev–Trinajstić information content (AvgIpc) is 2.69. The number of carbonyl (C=O) groups excluding carboxylic acids is 2. The number of hydrogen-bond donors (Lipinski definition) is 1. The second-order valence-electron chi connectivity index (χ2n) is 5.73. The molecule has 0 aromatic heterocycles. The number of ether oxygens (including phenoxy) is 1. The number of benzene rings is 1. The fraction of sp³-hybridized carbons (Fsp3) is 0.500. The van der Waals surface area contributed by atoms with Crippen LogP contribution in [0.3, 0.4) is 0 Å². The van der Waals surface area contributed by atoms with Gasteiger partial charge in [0.2, 0.25) is 0 Å². The standard InChI is InChI=1S/C16H21BrN2O3/c1-4-5-8-16(2)14(20)19(15(21)18-16)10-11-6-7-13(22-3)12(17)9-11/h6-7,9H,4-5,8,10H2,1-3H3,(H,18,21)/t16-/m1/s1. The molecule has 0 radical (unpaired) electrons. The third kappa shape index (κ3) is 3.27. The number of rotatable bonds is 6. The third-order valence-corrected chi connectivity index (χ3v) is 4.55. The second kappa shape index (κ2) is 6.69. The molecule has 0 aliphatic carbocycles. The Morgan fingerprint density at radius 3 is 2.68 bits per heavy atom. The van der Waals surface area contributed by atoms with E-state index in [0.29, 0.717) is 12.2 Å². The van der Waals surface area contributed by atoms with Crippen molar-refractivity contribution in [1.82, 2.24) is 10.2 Å². The van der Waals surface area contributed by atoms with Gasteiger partial charge in [-0.05, 0) is 47.0 Å². The summed E-state index contributed by atoms with van der Waals surface area (Å²) in [5, 5.41) is 2.82. The highest BCUT2D eigenvalue weighted by atomic mass is 79.9. The van der Waals surface area contributed by atoms with Gasteiger partial charge in [-0.25, -0.2) is 4.79 Å². The van der Waals surface area contributed by atoms with E-state index in [9.17, 15) is 9.59 Å². The Hall–Kier alpha value is -1.56. The first-order valence-corrected chi connectivity index (χ1v) is 8.17. The largest absolute Gasteiger partial charge is 0.496 e. The third-order valence-electron chi connectivity index (χ3n) is 3.93. The van der Waals surface area contributed by atoms with Crippen LogP contribution in [0.25, 0.3) is 0 Å². The van der Waals surface area contributed by atoms with E-state index in [0.717, 1.165) is 22.9 Å². The zero-order valence-corrected chi connectivity index (χ0v) is 14.7. The average molecular weight is 369 g/mol. The highest BCUT2D eigenvalue weighted by Crippen LogP contribution is 2.28. The molecule has 6 heteroatoms. The molecule has 1 aromatic rings. The number of unbranched alkanes of at least 4 members (excludes halogenated alkanes) is 1. The fourth-order valence-electron chi connectivity index (χ4n) is 2.58. The maximum Gasteiger partial charge on any atom is 0.325 e. The molecule has 1 N–H and O–H groups in total. The van der Waals surface area contributed by atoms with E-state index in [1.165, 1.54) is 4.90 Å². The van der Waals surface area contributed by atoms with Gasteiger partial charge in [-0.3, -0.25) is 9.69 Å². The summed E-state index contributed by atoms with van der Waals surface area (Å²) >= 11 is 3.41. The smallest absolute Gasteiger partial charge is 0.325 e. The zero-order valence-electron chi connectivity index (χ0n) is 13.1. The van der Waals surface area contributed by atoms with E-state index in [1.54, 1.807) is 14.0 Å². The number of methoxy groups -OCH3 is 1. The van der Waals surface area contributed by atoms with Crippen LogP contribution in [-0.4, -0.2) is 29.5 Å². The van der Waals surface area contributed by atoms with Gasteiger partial charge in [-0.15, -0.1) is 0 Å². The second-order valence-corrected chi connectivity index (χ2v) is 6.58. The Labute approximate surface area is 139 Å². The van der Waals surface area contributed by atoms with Crippen molar-refractivity contribution in [2.45, 2.75) is 45.2 Å². The van der Waals surface area contributed by atoms with Crippen LogP contribution in [0.15, 0.2) is 22.7 Å². The summed E-state index contributed by atoms with van der Waals surface area (Å²) in [6.45, 7) is 4.12. The molecule has 1 heterocycles. The summed E-state index contributed by atoms with van der Waals surface area (Å²) in [6.07, 6.45) is 2.56. The molecular formula is C16H21BrN2O3. The summed E-state index contributed by atoms with van der Waals surface area (Å²) in [6, 6.07) is 5.21. The molecule has 1 saturated heterocycles. The summed E-state index contributed by atoms with van der Waals surface area (Å²) in [5.41, 5.74) is 0.0903. The predicted octanol–water partition coefficient (Wildman–Crippen LogP) is 3.46. The number of nitrogens with zero attached hydrogens (tertiary/aromatic N) is 1. The lowest BCUT2D eigenvalue weighted by Gasteiger charge is -2.21. The number of imide groups is 1. The molecule has 0 unspecified atom stereocenters. The minimum Gasteiger partial charge on any atom is -0.496 e. The van der Waals surface area contributed by atoms with Gasteiger partial charge >= 0.3 is 6.03 Å². The summed E-state index contributed by atoms with van der Waals surface area (Å²) < 4.78 is 5.98. The van der Waals surface area contributed by atoms with Crippen LogP contribution in [0.5, 0.6) is 5.75 Å². The maximum atomic E-state index is 12.6. The van der Waals surface area contributed by atoms with Crippen LogP contribution in [0.4, 0.5) is 4.79 Å². The van der Waals surface area contributed by atoms with Gasteiger partial charge in [-0.1, -0.05) is 25.8 Å². The zero-order chi connectivity index (χ0) is 16.3. The van der Waals surface area contributed by atoms with Gasteiger partial charge in [0.1, 0.15) is 11.3 Å². The molecule has 120 valence electrons. The Bertz CT molecular complexity index is 591. The summed E-state index contributed by atoms with van der Waals surface area (Å²) in [5.74, 6) is 0.562. The van der Waals surface area contributed by atoms with Crippen LogP contribution < -0.4 is 10.1 Å². The van der Waals surface area contributed by atoms with Crippen molar-refractivity contribution < 1.29 is 14.3 Å². The topological polar surface area (TPSA) is 58.6 Å². The van der Waals surface area contributed by atoms with Gasteiger partial charge in [0.25, 0.3) is 5.91 Å². The Kier molecular flexibility index (Phi) is 5.11. The molecule has 0 spiro atoms. The van der Waals surface area contributed by atoms with Crippen molar-refractivity contribution in [1.29, 1.82) is 0 Å². The first-order chi connectivity index (χ1) is 10.4. The van der Waals surface area contributed by atoms with Crippen molar-refractivity contribution in [2.75, 3.05) is 7.11 Å². The number of urea groups is 1. The van der Waals surface area contributed by atoms with Gasteiger partial charge in [0.15, 0.2) is 0 Å². The molecule has 3 amide bonds. The highest BCUT2D eigenvalue weighted by molar-refractivity contribution is 9.10. The van der Waals surface area contributed by atoms with Crippen LogP contribution in [0.2, 0.25) is 0 Å². The monoisotopic (exact) mass is 368 g/mol. The quantitative estimate of drug-likeness (QED) is 0.782. The Balaban J connectivity index is 2.14. The molecule has 5 nitrogen and oxygen atoms in total. The molecule has 1 fully saturated rings. The minimum absolute atomic E-state index is 0.155. The number of amides is 3. The maximum absolute atomic E-state index is 12.6. The van der Waals surface area contributed by atoms with E-state index in [-0.39, 0.29) is 18.5 Å². The van der Waals surface area contributed by atoms with Crippen LogP contribution in [0, 0.1) is 0 Å². The summed E-state index contributed by atoms with van der Waals surface area (Å²) in [4.78, 5) is 26.0. The number of nitrogens with one attached hydrogen (secondary N) is 1. The minimum atomic E-state index is -0.781. The van der Waals surface area contributed by atoms with Crippen LogP contribution in [-0.2, 0) is 11.3 Å². The van der Waals surface area contributed by atoms with Gasteiger partial charge in [0, 0.05) is 0 Å². The van der Waals surface area contributed by atoms with Gasteiger partial charge in [0.05, 0.1) is 18.1 Å². The van der Waals surface area contributed by atoms with Gasteiger partial charge in [-0.2, -0.15) is 0 Å². The molecule has 2 rings (SSSR count). The lowest BCUT2D eigenvalue weighted by molar-refractivity contribution is -0.131. The van der Waals surface area contributed by atoms with Gasteiger partial charge < -0.3 is 10.1 Å². The van der Waals surface area contributed by atoms with Crippen LogP contribution in [0.1, 0.15) is 38.7 Å². The Morgan fingerprint density at radius 2 is 2.09 bits per heavy atom. The SMILES string of the molecule is CCCC[C@@]1(C)NC(=O)N(Cc2ccc(OC)c(Br)c2)C1=O. The summed E-state index contributed by atoms with van der Waals surface area (Å²) in [7, 11) is 1.59. The molecule has 0 saturated carbocycles. The lowest BCUT2D eigenvalue weighted by atomic mass is 9.95. The highest BCUT2D eigenvalue weighted by Gasteiger charge is 2.46. The van der Waals surface area contributed by atoms with Crippen molar-refractivity contribution in [3.05, 3.63) is 28.2 Å². The number of halogens is 1. The molecule has 1 atom stereocenters. The van der Waals surface area contributed by atoms with Crippen molar-refractivity contribution in [3.63, 3.8) is 0 Å². The first-order valence-electron chi connectivity index (χ1n) is 7.38. The lowest BCUT2D eigenvalue weighted by Crippen LogP contribution is -2.43. The molecule has 0 bridgehead atoms. The Morgan fingerprint density at radius 1 is 1.36 bits per heavy atom. The molecule has 22 heavy (non-hydrogen) atoms. The van der Waals surface area contributed by atoms with Crippen molar-refractivity contribution in [3.8, 4) is 5.75 Å². The van der Waals surface area contributed by atoms with Crippen molar-refractivity contribution >= 4 is 27.9 Å². The number of carbonyl (C=O) groups is 2. The molecule has 1 aliphatic heterocycles. The molecule has 1 aromatic carbocycles. The molecule has 1 aliphatic rings.